The van der Waals surface area contributed by atoms with Crippen LogP contribution in [0.5, 0.6) is 0 Å². The van der Waals surface area contributed by atoms with Crippen molar-refractivity contribution in [3.05, 3.63) is 0 Å². The predicted molar refractivity (Wildman–Crippen MR) is 67.6 cm³/mol. The zero-order valence-corrected chi connectivity index (χ0v) is 11.7. The minimum absolute atomic E-state index is 0.113. The largest absolute Gasteiger partial charge is 0.331 e. The molecule has 0 radical (unpaired) electrons. The molecule has 1 saturated heterocycles. The average molecular weight is 254 g/mol. The van der Waals surface area contributed by atoms with Crippen molar-refractivity contribution in [2.45, 2.75) is 47.1 Å². The second-order valence-corrected chi connectivity index (χ2v) is 5.44. The van der Waals surface area contributed by atoms with Crippen LogP contribution in [0.4, 0.5) is 4.79 Å². The van der Waals surface area contributed by atoms with E-state index in [0.29, 0.717) is 6.42 Å². The van der Waals surface area contributed by atoms with Gasteiger partial charge in [-0.1, -0.05) is 34.6 Å². The second kappa shape index (κ2) is 5.50. The van der Waals surface area contributed by atoms with Gasteiger partial charge in [0, 0.05) is 6.04 Å². The van der Waals surface area contributed by atoms with E-state index in [9.17, 15) is 14.4 Å². The van der Waals surface area contributed by atoms with E-state index in [1.54, 1.807) is 0 Å². The molecule has 4 amide bonds. The zero-order chi connectivity index (χ0) is 14.0. The van der Waals surface area contributed by atoms with Gasteiger partial charge in [0.15, 0.2) is 0 Å². The van der Waals surface area contributed by atoms with Crippen molar-refractivity contribution in [3.63, 3.8) is 0 Å². The Bertz CT molecular complexity index is 363. The number of amides is 4. The van der Waals surface area contributed by atoms with Crippen LogP contribution in [0.15, 0.2) is 0 Å². The number of imide groups is 2. The number of carbonyl (C=O) groups excluding carboxylic acids is 3. The lowest BCUT2D eigenvalue weighted by molar-refractivity contribution is -0.146. The first kappa shape index (κ1) is 14.7. The van der Waals surface area contributed by atoms with Crippen LogP contribution in [0.3, 0.4) is 0 Å². The predicted octanol–water partition coefficient (Wildman–Crippen LogP) is 1.77. The first-order valence-corrected chi connectivity index (χ1v) is 6.49. The normalized spacial score (nSPS) is 22.7. The molecule has 1 aliphatic heterocycles. The zero-order valence-electron chi connectivity index (χ0n) is 11.7. The van der Waals surface area contributed by atoms with Crippen molar-refractivity contribution >= 4 is 17.8 Å². The maximum absolute atomic E-state index is 12.3. The minimum Gasteiger partial charge on any atom is -0.277 e. The van der Waals surface area contributed by atoms with Crippen LogP contribution in [-0.2, 0) is 9.59 Å². The smallest absolute Gasteiger partial charge is 0.277 e. The average Bonchev–Trinajstić information content (AvgIpc) is 2.22. The minimum atomic E-state index is -0.754. The van der Waals surface area contributed by atoms with Crippen molar-refractivity contribution < 1.29 is 14.4 Å². The highest BCUT2D eigenvalue weighted by Crippen LogP contribution is 2.24. The van der Waals surface area contributed by atoms with Gasteiger partial charge in [0.25, 0.3) is 0 Å². The molecule has 0 aromatic carbocycles. The SMILES string of the molecule is CCC(C(C)C)N1C(=O)NC(=O)C(C(C)C)C1=O. The van der Waals surface area contributed by atoms with Crippen LogP contribution in [0.25, 0.3) is 0 Å². The number of nitrogens with zero attached hydrogens (tertiary/aromatic N) is 1. The second-order valence-electron chi connectivity index (χ2n) is 5.44. The highest BCUT2D eigenvalue weighted by Gasteiger charge is 2.44. The molecule has 18 heavy (non-hydrogen) atoms. The molecule has 5 nitrogen and oxygen atoms in total. The molecule has 1 fully saturated rings. The number of nitrogens with one attached hydrogen (secondary N) is 1. The summed E-state index contributed by atoms with van der Waals surface area (Å²) in [6.45, 7) is 9.50. The molecule has 0 saturated carbocycles. The van der Waals surface area contributed by atoms with Gasteiger partial charge in [0.2, 0.25) is 11.8 Å². The van der Waals surface area contributed by atoms with E-state index in [2.05, 4.69) is 5.32 Å². The summed E-state index contributed by atoms with van der Waals surface area (Å²) in [6.07, 6.45) is 0.690. The molecule has 2 atom stereocenters. The number of rotatable bonds is 4. The lowest BCUT2D eigenvalue weighted by Crippen LogP contribution is -2.62. The summed E-state index contributed by atoms with van der Waals surface area (Å²) in [5.74, 6) is -1.53. The molecule has 1 rings (SSSR count). The number of hydrogen-bond acceptors (Lipinski definition) is 3. The Balaban J connectivity index is 3.07. The molecule has 1 aliphatic rings. The third-order valence-corrected chi connectivity index (χ3v) is 3.42. The molecule has 0 aromatic heterocycles. The Morgan fingerprint density at radius 3 is 2.11 bits per heavy atom. The Kier molecular flexibility index (Phi) is 4.48. The van der Waals surface area contributed by atoms with Gasteiger partial charge >= 0.3 is 6.03 Å². The van der Waals surface area contributed by atoms with E-state index in [0.717, 1.165) is 0 Å². The molecule has 102 valence electrons. The van der Waals surface area contributed by atoms with E-state index in [4.69, 9.17) is 0 Å². The third-order valence-electron chi connectivity index (χ3n) is 3.42. The van der Waals surface area contributed by atoms with Gasteiger partial charge < -0.3 is 0 Å². The van der Waals surface area contributed by atoms with Gasteiger partial charge in [0.1, 0.15) is 5.92 Å². The molecular weight excluding hydrogens is 232 g/mol. The van der Waals surface area contributed by atoms with Gasteiger partial charge in [-0.05, 0) is 18.3 Å². The molecule has 0 spiro atoms. The summed E-state index contributed by atoms with van der Waals surface area (Å²) < 4.78 is 0. The van der Waals surface area contributed by atoms with Crippen LogP contribution < -0.4 is 5.32 Å². The van der Waals surface area contributed by atoms with Gasteiger partial charge in [-0.2, -0.15) is 0 Å². The number of hydrogen-bond donors (Lipinski definition) is 1. The van der Waals surface area contributed by atoms with Crippen molar-refractivity contribution in [3.8, 4) is 0 Å². The molecule has 0 aliphatic carbocycles. The quantitative estimate of drug-likeness (QED) is 0.777. The summed E-state index contributed by atoms with van der Waals surface area (Å²) in [5, 5.41) is 2.29. The highest BCUT2D eigenvalue weighted by atomic mass is 16.2. The Hall–Kier alpha value is -1.39. The third kappa shape index (κ3) is 2.54. The maximum atomic E-state index is 12.3. The molecule has 2 unspecified atom stereocenters. The molecule has 1 N–H and O–H groups in total. The van der Waals surface area contributed by atoms with Gasteiger partial charge in [-0.15, -0.1) is 0 Å². The van der Waals surface area contributed by atoms with Crippen molar-refractivity contribution in [2.24, 2.45) is 17.8 Å². The Labute approximate surface area is 108 Å². The van der Waals surface area contributed by atoms with E-state index >= 15 is 0 Å². The maximum Gasteiger partial charge on any atom is 0.331 e. The van der Waals surface area contributed by atoms with Crippen LogP contribution in [-0.4, -0.2) is 28.8 Å². The van der Waals surface area contributed by atoms with Crippen molar-refractivity contribution in [1.29, 1.82) is 0 Å². The molecular formula is C13H22N2O3. The monoisotopic (exact) mass is 254 g/mol. The van der Waals surface area contributed by atoms with E-state index < -0.39 is 17.9 Å². The summed E-state index contributed by atoms with van der Waals surface area (Å²) in [7, 11) is 0. The van der Waals surface area contributed by atoms with Crippen LogP contribution in [0.2, 0.25) is 0 Å². The molecule has 0 aromatic rings. The van der Waals surface area contributed by atoms with E-state index in [-0.39, 0.29) is 23.8 Å². The molecule has 5 heteroatoms. The van der Waals surface area contributed by atoms with Crippen LogP contribution in [0.1, 0.15) is 41.0 Å². The summed E-state index contributed by atoms with van der Waals surface area (Å²) >= 11 is 0. The summed E-state index contributed by atoms with van der Waals surface area (Å²) in [6, 6.07) is -0.741. The van der Waals surface area contributed by atoms with E-state index in [1.165, 1.54) is 4.90 Å². The summed E-state index contributed by atoms with van der Waals surface area (Å²) in [5.41, 5.74) is 0. The van der Waals surface area contributed by atoms with Crippen LogP contribution in [0, 0.1) is 17.8 Å². The number of carbonyl (C=O) groups is 3. The van der Waals surface area contributed by atoms with Gasteiger partial charge in [0.05, 0.1) is 0 Å². The molecule has 1 heterocycles. The fourth-order valence-corrected chi connectivity index (χ4v) is 2.46. The Morgan fingerprint density at radius 1 is 1.17 bits per heavy atom. The Morgan fingerprint density at radius 2 is 1.72 bits per heavy atom. The lowest BCUT2D eigenvalue weighted by atomic mass is 9.89. The fourth-order valence-electron chi connectivity index (χ4n) is 2.46. The first-order chi connectivity index (χ1) is 8.31. The van der Waals surface area contributed by atoms with E-state index in [1.807, 2.05) is 34.6 Å². The van der Waals surface area contributed by atoms with Crippen LogP contribution >= 0.6 is 0 Å². The first-order valence-electron chi connectivity index (χ1n) is 6.49. The fraction of sp³-hybridized carbons (Fsp3) is 0.769. The van der Waals surface area contributed by atoms with Gasteiger partial charge in [-0.3, -0.25) is 19.8 Å². The highest BCUT2D eigenvalue weighted by molar-refractivity contribution is 6.16. The molecule has 0 bridgehead atoms. The van der Waals surface area contributed by atoms with Crippen molar-refractivity contribution in [1.82, 2.24) is 10.2 Å². The summed E-state index contributed by atoms with van der Waals surface area (Å²) in [4.78, 5) is 37.1. The van der Waals surface area contributed by atoms with Gasteiger partial charge in [-0.25, -0.2) is 4.79 Å². The standard InChI is InChI=1S/C13H22N2O3/c1-6-9(7(2)3)15-12(17)10(8(4)5)11(16)14-13(15)18/h7-10H,6H2,1-5H3,(H,14,16,18). The number of barbiturate groups is 1. The number of urea groups is 1. The lowest BCUT2D eigenvalue weighted by Gasteiger charge is -2.38. The topological polar surface area (TPSA) is 66.5 Å². The van der Waals surface area contributed by atoms with Crippen molar-refractivity contribution in [2.75, 3.05) is 0 Å².